The van der Waals surface area contributed by atoms with Gasteiger partial charge < -0.3 is 14.8 Å². The number of pyridine rings is 1. The average molecular weight is 579 g/mol. The maximum atomic E-state index is 15.3. The number of ketones is 1. The molecule has 2 N–H and O–H groups in total. The van der Waals surface area contributed by atoms with Gasteiger partial charge in [-0.05, 0) is 51.3 Å². The number of nitrogens with zero attached hydrogens (tertiary/aromatic N) is 4. The first kappa shape index (κ1) is 29.2. The maximum absolute atomic E-state index is 15.3. The number of halogens is 1. The van der Waals surface area contributed by atoms with Gasteiger partial charge in [-0.2, -0.15) is 5.10 Å². The molecule has 0 radical (unpaired) electrons. The molecule has 1 atom stereocenters. The lowest BCUT2D eigenvalue weighted by Gasteiger charge is -2.19. The highest BCUT2D eigenvalue weighted by Crippen LogP contribution is 2.34. The van der Waals surface area contributed by atoms with E-state index in [1.54, 1.807) is 19.2 Å². The van der Waals surface area contributed by atoms with E-state index in [9.17, 15) is 14.4 Å². The van der Waals surface area contributed by atoms with Crippen LogP contribution in [0.1, 0.15) is 74.5 Å². The number of fused-ring (bicyclic) bond motifs is 1. The van der Waals surface area contributed by atoms with Crippen LogP contribution in [0.15, 0.2) is 46.2 Å². The molecule has 222 valence electrons. The van der Waals surface area contributed by atoms with E-state index in [0.717, 1.165) is 25.7 Å². The molecule has 1 aliphatic carbocycles. The zero-order chi connectivity index (χ0) is 30.0. The smallest absolute Gasteiger partial charge is 0.331 e. The number of benzene rings is 1. The Bertz CT molecular complexity index is 1720. The Balaban J connectivity index is 1.40. The third-order valence-corrected chi connectivity index (χ3v) is 7.49. The first-order chi connectivity index (χ1) is 20.2. The van der Waals surface area contributed by atoms with Crippen LogP contribution >= 0.6 is 0 Å². The molecule has 0 unspecified atom stereocenters. The van der Waals surface area contributed by atoms with Crippen molar-refractivity contribution in [3.63, 3.8) is 0 Å². The minimum atomic E-state index is -0.675. The third kappa shape index (κ3) is 5.85. The molecule has 3 aromatic heterocycles. The highest BCUT2D eigenvalue weighted by atomic mass is 19.1. The SMILES string of the molecule is COC[C@H](C)Nc1n[nH]c2nccc(Oc3ccc(CC(=O)c4cn(C(C)C)c(=O)n(C5CCCC5)c4=O)cc3F)c12. The van der Waals surface area contributed by atoms with Gasteiger partial charge in [0.15, 0.2) is 28.8 Å². The standard InChI is InChI=1S/C30H35FN6O5/c1-17(2)36-15-21(29(39)37(30(36)40)20-7-5-6-8-20)23(38)14-19-9-10-24(22(31)13-19)42-25-11-12-32-27-26(25)28(35-34-27)33-18(3)16-41-4/h9-13,15,17-18,20H,5-8,14,16H2,1-4H3,(H2,32,33,34,35)/t18-/m0/s1. The summed E-state index contributed by atoms with van der Waals surface area (Å²) in [6.45, 7) is 6.04. The van der Waals surface area contributed by atoms with E-state index in [-0.39, 0.29) is 35.9 Å². The van der Waals surface area contributed by atoms with E-state index < -0.39 is 22.8 Å². The molecule has 42 heavy (non-hydrogen) atoms. The Morgan fingerprint density at radius 2 is 1.93 bits per heavy atom. The van der Waals surface area contributed by atoms with Crippen molar-refractivity contribution in [2.75, 3.05) is 19.0 Å². The van der Waals surface area contributed by atoms with Gasteiger partial charge in [0.2, 0.25) is 0 Å². The van der Waals surface area contributed by atoms with Crippen LogP contribution in [0.2, 0.25) is 0 Å². The molecular weight excluding hydrogens is 543 g/mol. The largest absolute Gasteiger partial charge is 0.453 e. The van der Waals surface area contributed by atoms with Crippen molar-refractivity contribution >= 4 is 22.6 Å². The molecular formula is C30H35FN6O5. The molecule has 1 aliphatic rings. The number of carbonyl (C=O) groups is 1. The fourth-order valence-electron chi connectivity index (χ4n) is 5.41. The number of Topliss-reactive ketones (excluding diaryl/α,β-unsaturated/α-hetero) is 1. The number of anilines is 1. The van der Waals surface area contributed by atoms with Gasteiger partial charge in [0.05, 0.1) is 12.2 Å². The molecule has 0 saturated heterocycles. The van der Waals surface area contributed by atoms with E-state index in [1.807, 2.05) is 20.8 Å². The van der Waals surface area contributed by atoms with Gasteiger partial charge in [0.25, 0.3) is 5.56 Å². The molecule has 11 nitrogen and oxygen atoms in total. The van der Waals surface area contributed by atoms with Crippen LogP contribution in [0.3, 0.4) is 0 Å². The van der Waals surface area contributed by atoms with Crippen LogP contribution in [0.5, 0.6) is 11.5 Å². The first-order valence-electron chi connectivity index (χ1n) is 14.1. The maximum Gasteiger partial charge on any atom is 0.331 e. The number of nitrogens with one attached hydrogen (secondary N) is 2. The zero-order valence-corrected chi connectivity index (χ0v) is 24.1. The summed E-state index contributed by atoms with van der Waals surface area (Å²) in [5, 5.41) is 10.9. The van der Waals surface area contributed by atoms with Gasteiger partial charge in [0, 0.05) is 50.1 Å². The summed E-state index contributed by atoms with van der Waals surface area (Å²) in [4.78, 5) is 44.0. The van der Waals surface area contributed by atoms with Crippen LogP contribution in [-0.4, -0.2) is 49.9 Å². The van der Waals surface area contributed by atoms with Crippen LogP contribution in [0, 0.1) is 5.82 Å². The number of methoxy groups -OCH3 is 1. The number of aromatic amines is 1. The second-order valence-electron chi connectivity index (χ2n) is 11.0. The van der Waals surface area contributed by atoms with Crippen LogP contribution < -0.4 is 21.3 Å². The molecule has 1 aromatic carbocycles. The Kier molecular flexibility index (Phi) is 8.53. The molecule has 0 aliphatic heterocycles. The summed E-state index contributed by atoms with van der Waals surface area (Å²) in [6.07, 6.45) is 5.97. The molecule has 1 fully saturated rings. The lowest BCUT2D eigenvalue weighted by Crippen LogP contribution is -2.44. The number of hydrogen-bond donors (Lipinski definition) is 2. The van der Waals surface area contributed by atoms with Crippen molar-refractivity contribution in [3.05, 3.63) is 74.4 Å². The summed E-state index contributed by atoms with van der Waals surface area (Å²) in [5.41, 5.74) is -0.218. The quantitative estimate of drug-likeness (QED) is 0.243. The van der Waals surface area contributed by atoms with E-state index in [2.05, 4.69) is 20.5 Å². The topological polar surface area (TPSA) is 133 Å². The van der Waals surface area contributed by atoms with E-state index >= 15 is 4.39 Å². The minimum Gasteiger partial charge on any atom is -0.453 e. The van der Waals surface area contributed by atoms with Crippen LogP contribution in [-0.2, 0) is 11.2 Å². The van der Waals surface area contributed by atoms with Gasteiger partial charge in [-0.25, -0.2) is 14.2 Å². The lowest BCUT2D eigenvalue weighted by atomic mass is 10.0. The second kappa shape index (κ2) is 12.3. The Hall–Kier alpha value is -4.32. The number of hydrogen-bond acceptors (Lipinski definition) is 8. The zero-order valence-electron chi connectivity index (χ0n) is 24.1. The van der Waals surface area contributed by atoms with Crippen molar-refractivity contribution in [1.29, 1.82) is 0 Å². The van der Waals surface area contributed by atoms with Crippen molar-refractivity contribution in [2.24, 2.45) is 0 Å². The lowest BCUT2D eigenvalue weighted by molar-refractivity contribution is 0.0989. The van der Waals surface area contributed by atoms with Crippen molar-refractivity contribution in [2.45, 2.75) is 71.0 Å². The van der Waals surface area contributed by atoms with Gasteiger partial charge in [-0.1, -0.05) is 18.9 Å². The van der Waals surface area contributed by atoms with E-state index in [4.69, 9.17) is 9.47 Å². The highest BCUT2D eigenvalue weighted by molar-refractivity contribution is 5.97. The molecule has 0 amide bonds. The monoisotopic (exact) mass is 578 g/mol. The number of H-pyrrole nitrogens is 1. The van der Waals surface area contributed by atoms with Crippen molar-refractivity contribution < 1.29 is 18.7 Å². The molecule has 3 heterocycles. The molecule has 5 rings (SSSR count). The van der Waals surface area contributed by atoms with Gasteiger partial charge in [-0.3, -0.25) is 23.8 Å². The summed E-state index contributed by atoms with van der Waals surface area (Å²) in [7, 11) is 1.60. The molecule has 0 bridgehead atoms. The summed E-state index contributed by atoms with van der Waals surface area (Å²) < 4.78 is 29.0. The Morgan fingerprint density at radius 1 is 1.17 bits per heavy atom. The van der Waals surface area contributed by atoms with Gasteiger partial charge >= 0.3 is 5.69 Å². The molecule has 4 aromatic rings. The summed E-state index contributed by atoms with van der Waals surface area (Å²) in [5.74, 6) is -0.373. The van der Waals surface area contributed by atoms with Crippen LogP contribution in [0.4, 0.5) is 10.2 Å². The average Bonchev–Trinajstić information content (AvgIpc) is 3.61. The number of carbonyl (C=O) groups excluding carboxylic acids is 1. The predicted molar refractivity (Wildman–Crippen MR) is 156 cm³/mol. The van der Waals surface area contributed by atoms with Crippen molar-refractivity contribution in [3.8, 4) is 11.5 Å². The summed E-state index contributed by atoms with van der Waals surface area (Å²) in [6, 6.07) is 5.35. The van der Waals surface area contributed by atoms with E-state index in [0.29, 0.717) is 34.8 Å². The first-order valence-corrected chi connectivity index (χ1v) is 14.1. The molecule has 0 spiro atoms. The Morgan fingerprint density at radius 3 is 2.62 bits per heavy atom. The predicted octanol–water partition coefficient (Wildman–Crippen LogP) is 4.78. The van der Waals surface area contributed by atoms with Gasteiger partial charge in [-0.15, -0.1) is 0 Å². The molecule has 12 heteroatoms. The highest BCUT2D eigenvalue weighted by Gasteiger charge is 2.26. The summed E-state index contributed by atoms with van der Waals surface area (Å²) >= 11 is 0. The fraction of sp³-hybridized carbons (Fsp3) is 0.433. The number of ether oxygens (including phenoxy) is 2. The molecule has 1 saturated carbocycles. The Labute approximate surface area is 241 Å². The second-order valence-corrected chi connectivity index (χ2v) is 11.0. The van der Waals surface area contributed by atoms with Crippen LogP contribution in [0.25, 0.3) is 11.0 Å². The fourth-order valence-corrected chi connectivity index (χ4v) is 5.41. The minimum absolute atomic E-state index is 0.0484. The van der Waals surface area contributed by atoms with E-state index in [1.165, 1.54) is 33.7 Å². The van der Waals surface area contributed by atoms with Crippen molar-refractivity contribution in [1.82, 2.24) is 24.3 Å². The third-order valence-electron chi connectivity index (χ3n) is 7.49. The number of aromatic nitrogens is 5. The normalized spacial score (nSPS) is 14.5. The van der Waals surface area contributed by atoms with Gasteiger partial charge in [0.1, 0.15) is 11.1 Å². The number of rotatable bonds is 11.